The number of carbonyl (C=O) groups is 1. The number of nitrogens with zero attached hydrogens (tertiary/aromatic N) is 3. The maximum atomic E-state index is 12.3. The van der Waals surface area contributed by atoms with Crippen LogP contribution in [0.15, 0.2) is 52.4 Å². The molecule has 28 heavy (non-hydrogen) atoms. The Morgan fingerprint density at radius 1 is 1.00 bits per heavy atom. The van der Waals surface area contributed by atoms with Crippen LogP contribution >= 0.6 is 35.0 Å². The molecule has 0 aliphatic carbocycles. The van der Waals surface area contributed by atoms with Crippen LogP contribution in [0.4, 0.5) is 5.69 Å². The molecule has 2 aliphatic heterocycles. The topological polar surface area (TPSA) is 35.9 Å². The van der Waals surface area contributed by atoms with Gasteiger partial charge in [-0.25, -0.2) is 0 Å². The number of halogens is 2. The van der Waals surface area contributed by atoms with Crippen LogP contribution in [-0.4, -0.2) is 42.2 Å². The Hall–Kier alpha value is -1.95. The van der Waals surface area contributed by atoms with Crippen molar-refractivity contribution in [2.45, 2.75) is 6.92 Å². The average Bonchev–Trinajstić information content (AvgIpc) is 3.06. The minimum absolute atomic E-state index is 0.201. The maximum Gasteiger partial charge on any atom is 0.286 e. The Kier molecular flexibility index (Phi) is 5.67. The number of aliphatic imine (C=N–C) groups is 1. The van der Waals surface area contributed by atoms with Crippen LogP contribution in [0.25, 0.3) is 6.08 Å². The molecule has 2 heterocycles. The molecule has 0 unspecified atom stereocenters. The van der Waals surface area contributed by atoms with Gasteiger partial charge >= 0.3 is 0 Å². The van der Waals surface area contributed by atoms with Gasteiger partial charge in [-0.15, -0.1) is 0 Å². The molecule has 1 saturated heterocycles. The molecule has 0 bridgehead atoms. The Morgan fingerprint density at radius 3 is 2.43 bits per heavy atom. The molecule has 2 aromatic carbocycles. The molecule has 0 atom stereocenters. The number of rotatable bonds is 2. The second-order valence-electron chi connectivity index (χ2n) is 6.74. The van der Waals surface area contributed by atoms with Crippen molar-refractivity contribution in [3.05, 3.63) is 68.5 Å². The Labute approximate surface area is 178 Å². The lowest BCUT2D eigenvalue weighted by Gasteiger charge is -2.36. The predicted molar refractivity (Wildman–Crippen MR) is 119 cm³/mol. The second-order valence-corrected chi connectivity index (χ2v) is 8.56. The Bertz CT molecular complexity index is 981. The van der Waals surface area contributed by atoms with E-state index in [1.54, 1.807) is 0 Å². The Balaban J connectivity index is 1.41. The molecule has 144 valence electrons. The van der Waals surface area contributed by atoms with Crippen LogP contribution in [0, 0.1) is 6.92 Å². The highest BCUT2D eigenvalue weighted by atomic mass is 35.5. The summed E-state index contributed by atoms with van der Waals surface area (Å²) in [6.45, 7) is 5.34. The van der Waals surface area contributed by atoms with Crippen LogP contribution in [-0.2, 0) is 4.79 Å². The molecule has 1 amide bonds. The van der Waals surface area contributed by atoms with E-state index in [0.29, 0.717) is 9.93 Å². The normalized spacial score (nSPS) is 18.8. The first-order valence-electron chi connectivity index (χ1n) is 9.04. The molecule has 2 aromatic rings. The standard InChI is InChI=1S/C21H19Cl2N3OS/c1-14-6-7-16(13-18(14)23)25-8-10-26(11-9-25)21-24-20(27)19(28-21)12-15-4-2-3-5-17(15)22/h2-7,12-13H,8-11H2,1H3/b19-12+. The van der Waals surface area contributed by atoms with E-state index in [9.17, 15) is 4.79 Å². The summed E-state index contributed by atoms with van der Waals surface area (Å²) in [5.41, 5.74) is 3.04. The van der Waals surface area contributed by atoms with Crippen LogP contribution in [0.2, 0.25) is 10.0 Å². The summed E-state index contributed by atoms with van der Waals surface area (Å²) in [5, 5.41) is 2.18. The average molecular weight is 432 g/mol. The van der Waals surface area contributed by atoms with Crippen molar-refractivity contribution in [2.24, 2.45) is 4.99 Å². The fourth-order valence-corrected chi connectivity index (χ4v) is 4.52. The summed E-state index contributed by atoms with van der Waals surface area (Å²) in [6.07, 6.45) is 1.82. The molecule has 0 spiro atoms. The Morgan fingerprint density at radius 2 is 1.71 bits per heavy atom. The van der Waals surface area contributed by atoms with E-state index < -0.39 is 0 Å². The minimum Gasteiger partial charge on any atom is -0.368 e. The third-order valence-corrected chi connectivity index (χ3v) is 6.67. The highest BCUT2D eigenvalue weighted by Crippen LogP contribution is 2.32. The van der Waals surface area contributed by atoms with Gasteiger partial charge in [-0.1, -0.05) is 47.5 Å². The summed E-state index contributed by atoms with van der Waals surface area (Å²) in [4.78, 5) is 21.7. The van der Waals surface area contributed by atoms with E-state index >= 15 is 0 Å². The number of aryl methyl sites for hydroxylation is 1. The van der Waals surface area contributed by atoms with E-state index in [4.69, 9.17) is 23.2 Å². The van der Waals surface area contributed by atoms with E-state index in [2.05, 4.69) is 20.9 Å². The molecule has 4 rings (SSSR count). The van der Waals surface area contributed by atoms with Crippen LogP contribution in [0.3, 0.4) is 0 Å². The first-order chi connectivity index (χ1) is 13.5. The largest absolute Gasteiger partial charge is 0.368 e. The first kappa shape index (κ1) is 19.4. The minimum atomic E-state index is -0.201. The van der Waals surface area contributed by atoms with Gasteiger partial charge < -0.3 is 9.80 Å². The van der Waals surface area contributed by atoms with Gasteiger partial charge in [0.1, 0.15) is 0 Å². The zero-order valence-corrected chi connectivity index (χ0v) is 17.7. The number of hydrogen-bond acceptors (Lipinski definition) is 4. The summed E-state index contributed by atoms with van der Waals surface area (Å²) in [5.74, 6) is -0.201. The zero-order valence-electron chi connectivity index (χ0n) is 15.4. The SMILES string of the molecule is Cc1ccc(N2CCN(C3=NC(=O)/C(=C\c4ccccc4Cl)S3)CC2)cc1Cl. The van der Waals surface area contributed by atoms with Gasteiger partial charge in [-0.3, -0.25) is 4.79 Å². The summed E-state index contributed by atoms with van der Waals surface area (Å²) < 4.78 is 0. The van der Waals surface area contributed by atoms with Crippen molar-refractivity contribution in [3.8, 4) is 0 Å². The van der Waals surface area contributed by atoms with Gasteiger partial charge in [0.15, 0.2) is 5.17 Å². The highest BCUT2D eigenvalue weighted by Gasteiger charge is 2.28. The summed E-state index contributed by atoms with van der Waals surface area (Å²) >= 11 is 13.9. The molecule has 1 fully saturated rings. The second kappa shape index (κ2) is 8.19. The highest BCUT2D eigenvalue weighted by molar-refractivity contribution is 8.18. The van der Waals surface area contributed by atoms with Crippen LogP contribution < -0.4 is 4.90 Å². The molecule has 0 N–H and O–H groups in total. The lowest BCUT2D eigenvalue weighted by Crippen LogP contribution is -2.47. The molecule has 0 radical (unpaired) electrons. The van der Waals surface area contributed by atoms with Crippen molar-refractivity contribution in [1.29, 1.82) is 0 Å². The van der Waals surface area contributed by atoms with E-state index in [1.807, 2.05) is 49.4 Å². The smallest absolute Gasteiger partial charge is 0.286 e. The first-order valence-corrected chi connectivity index (χ1v) is 10.6. The van der Waals surface area contributed by atoms with Crippen molar-refractivity contribution >= 4 is 57.8 Å². The van der Waals surface area contributed by atoms with Gasteiger partial charge in [-0.05, 0) is 54.1 Å². The number of carbonyl (C=O) groups excluding carboxylic acids is 1. The molecule has 2 aliphatic rings. The zero-order chi connectivity index (χ0) is 19.7. The van der Waals surface area contributed by atoms with Gasteiger partial charge in [0.2, 0.25) is 0 Å². The van der Waals surface area contributed by atoms with E-state index in [-0.39, 0.29) is 5.91 Å². The number of piperazine rings is 1. The molecule has 0 aromatic heterocycles. The molecular weight excluding hydrogens is 413 g/mol. The quantitative estimate of drug-likeness (QED) is 0.619. The van der Waals surface area contributed by atoms with Gasteiger partial charge in [0.25, 0.3) is 5.91 Å². The molecular formula is C21H19Cl2N3OS. The number of thioether (sulfide) groups is 1. The molecule has 4 nitrogen and oxygen atoms in total. The van der Waals surface area contributed by atoms with Gasteiger partial charge in [0.05, 0.1) is 4.91 Å². The fraction of sp³-hybridized carbons (Fsp3) is 0.238. The van der Waals surface area contributed by atoms with E-state index in [1.165, 1.54) is 11.8 Å². The molecule has 7 heteroatoms. The fourth-order valence-electron chi connectivity index (χ4n) is 3.20. The van der Waals surface area contributed by atoms with E-state index in [0.717, 1.165) is 53.2 Å². The van der Waals surface area contributed by atoms with Gasteiger partial charge in [-0.2, -0.15) is 4.99 Å². The van der Waals surface area contributed by atoms with Crippen LogP contribution in [0.1, 0.15) is 11.1 Å². The number of amidine groups is 1. The third-order valence-electron chi connectivity index (χ3n) is 4.87. The number of amides is 1. The summed E-state index contributed by atoms with van der Waals surface area (Å²) in [7, 11) is 0. The van der Waals surface area contributed by atoms with Gasteiger partial charge in [0, 0.05) is 41.9 Å². The number of anilines is 1. The third kappa shape index (κ3) is 4.07. The van der Waals surface area contributed by atoms with Crippen LogP contribution in [0.5, 0.6) is 0 Å². The lowest BCUT2D eigenvalue weighted by atomic mass is 10.2. The lowest BCUT2D eigenvalue weighted by molar-refractivity contribution is -0.113. The predicted octanol–water partition coefficient (Wildman–Crippen LogP) is 5.09. The monoisotopic (exact) mass is 431 g/mol. The maximum absolute atomic E-state index is 12.3. The molecule has 0 saturated carbocycles. The van der Waals surface area contributed by atoms with Crippen molar-refractivity contribution in [1.82, 2.24) is 4.90 Å². The van der Waals surface area contributed by atoms with Crippen molar-refractivity contribution < 1.29 is 4.79 Å². The van der Waals surface area contributed by atoms with Crippen molar-refractivity contribution in [3.63, 3.8) is 0 Å². The summed E-state index contributed by atoms with van der Waals surface area (Å²) in [6, 6.07) is 13.7. The number of hydrogen-bond donors (Lipinski definition) is 0. The van der Waals surface area contributed by atoms with Crippen molar-refractivity contribution in [2.75, 3.05) is 31.1 Å². The number of benzene rings is 2.